The molecule has 7 heteroatoms. The van der Waals surface area contributed by atoms with Crippen LogP contribution in [0.4, 0.5) is 8.78 Å². The summed E-state index contributed by atoms with van der Waals surface area (Å²) in [6.45, 7) is 0.182. The van der Waals surface area contributed by atoms with Crippen molar-refractivity contribution in [1.29, 1.82) is 0 Å². The van der Waals surface area contributed by atoms with Crippen LogP contribution >= 0.6 is 0 Å². The van der Waals surface area contributed by atoms with Gasteiger partial charge in [-0.15, -0.1) is 0 Å². The summed E-state index contributed by atoms with van der Waals surface area (Å²) < 4.78 is 30.9. The van der Waals surface area contributed by atoms with E-state index in [2.05, 4.69) is 5.32 Å². The summed E-state index contributed by atoms with van der Waals surface area (Å²) in [5, 5.41) is 13.4. The van der Waals surface area contributed by atoms with E-state index < -0.39 is 5.97 Å². The van der Waals surface area contributed by atoms with Gasteiger partial charge < -0.3 is 14.8 Å². The smallest absolute Gasteiger partial charge is 0.335 e. The zero-order chi connectivity index (χ0) is 28.5. The molecule has 0 fully saturated rings. The number of carboxylic acids is 1. The van der Waals surface area contributed by atoms with Crippen molar-refractivity contribution in [2.24, 2.45) is 0 Å². The predicted octanol–water partition coefficient (Wildman–Crippen LogP) is 7.26. The van der Waals surface area contributed by atoms with Crippen molar-refractivity contribution < 1.29 is 23.5 Å². The Kier molecular flexibility index (Phi) is 6.77. The molecule has 0 aliphatic carbocycles. The topological polar surface area (TPSA) is 70.8 Å². The van der Waals surface area contributed by atoms with Crippen LogP contribution in [0.1, 0.15) is 37.4 Å². The zero-order valence-corrected chi connectivity index (χ0v) is 21.8. The normalized spacial score (nSPS) is 11.2. The van der Waals surface area contributed by atoms with E-state index in [-0.39, 0.29) is 36.1 Å². The third kappa shape index (κ3) is 5.17. The van der Waals surface area contributed by atoms with Crippen molar-refractivity contribution in [3.05, 3.63) is 149 Å². The lowest BCUT2D eigenvalue weighted by Crippen LogP contribution is -2.23. The summed E-state index contributed by atoms with van der Waals surface area (Å²) in [4.78, 5) is 24.8. The van der Waals surface area contributed by atoms with Crippen LogP contribution in [0.5, 0.6) is 0 Å². The molecule has 6 aromatic rings. The number of carboxylic acid groups (broad SMARTS) is 1. The molecule has 0 aliphatic rings. The molecular weight excluding hydrogens is 522 g/mol. The number of aromatic carboxylic acids is 1. The molecule has 5 nitrogen and oxygen atoms in total. The molecule has 2 N–H and O–H groups in total. The Morgan fingerprint density at radius 3 is 2.32 bits per heavy atom. The molecule has 0 radical (unpaired) electrons. The van der Waals surface area contributed by atoms with Crippen LogP contribution in [0.15, 0.2) is 109 Å². The molecule has 41 heavy (non-hydrogen) atoms. The van der Waals surface area contributed by atoms with E-state index in [0.29, 0.717) is 27.6 Å². The largest absolute Gasteiger partial charge is 0.478 e. The Balaban J connectivity index is 1.39. The van der Waals surface area contributed by atoms with Crippen LogP contribution in [0, 0.1) is 11.6 Å². The van der Waals surface area contributed by atoms with Gasteiger partial charge in [-0.2, -0.15) is 0 Å². The van der Waals surface area contributed by atoms with Gasteiger partial charge in [-0.05, 0) is 69.6 Å². The van der Waals surface area contributed by atoms with Crippen molar-refractivity contribution in [1.82, 2.24) is 9.72 Å². The Hall–Kier alpha value is -5.30. The minimum Gasteiger partial charge on any atom is -0.478 e. The Morgan fingerprint density at radius 1 is 0.805 bits per heavy atom. The van der Waals surface area contributed by atoms with E-state index >= 15 is 4.39 Å². The van der Waals surface area contributed by atoms with Gasteiger partial charge in [-0.3, -0.25) is 4.79 Å². The second-order valence-electron chi connectivity index (χ2n) is 9.87. The number of nitrogens with one attached hydrogen (secondary N) is 1. The second-order valence-corrected chi connectivity index (χ2v) is 9.87. The van der Waals surface area contributed by atoms with Gasteiger partial charge >= 0.3 is 5.97 Å². The average Bonchev–Trinajstić information content (AvgIpc) is 3.40. The van der Waals surface area contributed by atoms with E-state index in [1.54, 1.807) is 48.5 Å². The van der Waals surface area contributed by atoms with Crippen molar-refractivity contribution in [3.8, 4) is 11.1 Å². The van der Waals surface area contributed by atoms with E-state index in [1.165, 1.54) is 24.3 Å². The molecule has 0 bridgehead atoms. The van der Waals surface area contributed by atoms with Crippen LogP contribution in [-0.4, -0.2) is 21.4 Å². The number of benzene rings is 4. The summed E-state index contributed by atoms with van der Waals surface area (Å²) in [6, 6.07) is 26.9. The SMILES string of the molecule is O=C(O)c1ccc(CNC(=O)c2cc(-c3ccc(F)cc3)cn3ccc(Cc4ccc5ccccc5c4F)c23)cc1. The Labute approximate surface area is 234 Å². The molecular formula is C34H24F2N2O3. The third-order valence-corrected chi connectivity index (χ3v) is 7.23. The number of pyridine rings is 1. The monoisotopic (exact) mass is 546 g/mol. The van der Waals surface area contributed by atoms with Gasteiger partial charge in [0.05, 0.1) is 16.6 Å². The summed E-state index contributed by atoms with van der Waals surface area (Å²) in [7, 11) is 0. The first-order valence-electron chi connectivity index (χ1n) is 13.0. The first-order valence-corrected chi connectivity index (χ1v) is 13.0. The lowest BCUT2D eigenvalue weighted by molar-refractivity contribution is 0.0696. The number of nitrogens with zero attached hydrogens (tertiary/aromatic N) is 1. The highest BCUT2D eigenvalue weighted by atomic mass is 19.1. The number of hydrogen-bond donors (Lipinski definition) is 2. The summed E-state index contributed by atoms with van der Waals surface area (Å²) in [5.74, 6) is -2.02. The summed E-state index contributed by atoms with van der Waals surface area (Å²) >= 11 is 0. The van der Waals surface area contributed by atoms with Crippen molar-refractivity contribution in [3.63, 3.8) is 0 Å². The van der Waals surface area contributed by atoms with Crippen LogP contribution < -0.4 is 5.32 Å². The number of aromatic nitrogens is 1. The number of carbonyl (C=O) groups excluding carboxylic acids is 1. The molecule has 0 aliphatic heterocycles. The van der Waals surface area contributed by atoms with Crippen LogP contribution in [0.2, 0.25) is 0 Å². The second kappa shape index (κ2) is 10.7. The first-order chi connectivity index (χ1) is 19.9. The van der Waals surface area contributed by atoms with Crippen LogP contribution in [0.25, 0.3) is 27.4 Å². The standard InChI is InChI=1S/C34H24F2N2O3/c35-28-13-11-22(12-14-28)27-18-30(33(39)37-19-21-5-7-24(8-6-21)34(40)41)32-26(15-16-38(32)20-27)17-25-10-9-23-3-1-2-4-29(23)31(25)36/h1-16,18,20H,17,19H2,(H,37,39)(H,40,41). The van der Waals surface area contributed by atoms with E-state index in [4.69, 9.17) is 5.11 Å². The molecule has 1 amide bonds. The minimum absolute atomic E-state index is 0.160. The van der Waals surface area contributed by atoms with Gasteiger partial charge in [-0.25, -0.2) is 13.6 Å². The molecule has 0 unspecified atom stereocenters. The molecule has 202 valence electrons. The molecule has 2 heterocycles. The molecule has 0 spiro atoms. The van der Waals surface area contributed by atoms with Gasteiger partial charge in [-0.1, -0.05) is 60.7 Å². The van der Waals surface area contributed by atoms with Crippen LogP contribution in [-0.2, 0) is 13.0 Å². The maximum absolute atomic E-state index is 15.5. The van der Waals surface area contributed by atoms with Crippen LogP contribution in [0.3, 0.4) is 0 Å². The lowest BCUT2D eigenvalue weighted by Gasteiger charge is -2.13. The van der Waals surface area contributed by atoms with Crippen molar-refractivity contribution >= 4 is 28.2 Å². The number of carbonyl (C=O) groups is 2. The third-order valence-electron chi connectivity index (χ3n) is 7.23. The minimum atomic E-state index is -1.02. The van der Waals surface area contributed by atoms with Crippen molar-refractivity contribution in [2.75, 3.05) is 0 Å². The fourth-order valence-corrected chi connectivity index (χ4v) is 5.10. The predicted molar refractivity (Wildman–Crippen MR) is 154 cm³/mol. The van der Waals surface area contributed by atoms with E-state index in [0.717, 1.165) is 22.1 Å². The maximum Gasteiger partial charge on any atom is 0.335 e. The number of fused-ring (bicyclic) bond motifs is 2. The van der Waals surface area contributed by atoms with Gasteiger partial charge in [0.1, 0.15) is 11.6 Å². The lowest BCUT2D eigenvalue weighted by atomic mass is 9.98. The number of rotatable bonds is 7. The van der Waals surface area contributed by atoms with Gasteiger partial charge in [0.2, 0.25) is 0 Å². The summed E-state index contributed by atoms with van der Waals surface area (Å²) in [5.41, 5.74) is 4.67. The fraction of sp³-hybridized carbons (Fsp3) is 0.0588. The quantitative estimate of drug-likeness (QED) is 0.221. The first kappa shape index (κ1) is 26.0. The molecule has 0 saturated carbocycles. The number of hydrogen-bond acceptors (Lipinski definition) is 2. The zero-order valence-electron chi connectivity index (χ0n) is 21.8. The summed E-state index contributed by atoms with van der Waals surface area (Å²) in [6.07, 6.45) is 3.97. The van der Waals surface area contributed by atoms with Gasteiger partial charge in [0.25, 0.3) is 5.91 Å². The molecule has 4 aromatic carbocycles. The Morgan fingerprint density at radius 2 is 1.56 bits per heavy atom. The van der Waals surface area contributed by atoms with Gasteiger partial charge in [0, 0.05) is 30.7 Å². The molecule has 2 aromatic heterocycles. The fourth-order valence-electron chi connectivity index (χ4n) is 5.10. The highest BCUT2D eigenvalue weighted by molar-refractivity contribution is 6.03. The average molecular weight is 547 g/mol. The maximum atomic E-state index is 15.5. The molecule has 0 saturated heterocycles. The van der Waals surface area contributed by atoms with E-state index in [9.17, 15) is 14.0 Å². The number of halogens is 2. The van der Waals surface area contributed by atoms with E-state index in [1.807, 2.05) is 41.1 Å². The Bertz CT molecular complexity index is 1930. The van der Waals surface area contributed by atoms with Gasteiger partial charge in [0.15, 0.2) is 0 Å². The molecule has 6 rings (SSSR count). The highest BCUT2D eigenvalue weighted by Gasteiger charge is 2.18. The highest BCUT2D eigenvalue weighted by Crippen LogP contribution is 2.29. The number of amides is 1. The van der Waals surface area contributed by atoms with Crippen molar-refractivity contribution in [2.45, 2.75) is 13.0 Å². The molecule has 0 atom stereocenters.